The Morgan fingerprint density at radius 2 is 1.96 bits per heavy atom. The summed E-state index contributed by atoms with van der Waals surface area (Å²) in [7, 11) is 0. The Kier molecular flexibility index (Phi) is 14.5. The maximum absolute atomic E-state index is 5.79. The molecule has 0 aliphatic carbocycles. The highest BCUT2D eigenvalue weighted by molar-refractivity contribution is 14.0. The fourth-order valence-electron chi connectivity index (χ4n) is 3.64. The summed E-state index contributed by atoms with van der Waals surface area (Å²) in [5, 5.41) is 6.76. The summed E-state index contributed by atoms with van der Waals surface area (Å²) in [4.78, 5) is 7.14. The van der Waals surface area contributed by atoms with E-state index in [1.54, 1.807) is 0 Å². The van der Waals surface area contributed by atoms with E-state index in [2.05, 4.69) is 41.3 Å². The van der Waals surface area contributed by atoms with Crippen molar-refractivity contribution in [2.75, 3.05) is 65.7 Å². The Bertz CT molecular complexity index is 412. The van der Waals surface area contributed by atoms with Gasteiger partial charge in [0, 0.05) is 58.4 Å². The minimum atomic E-state index is 0. The van der Waals surface area contributed by atoms with Crippen LogP contribution in [0, 0.1) is 5.92 Å². The normalized spacial score (nSPS) is 26.1. The van der Waals surface area contributed by atoms with E-state index >= 15 is 0 Å². The van der Waals surface area contributed by atoms with E-state index in [0.29, 0.717) is 18.1 Å². The first kappa shape index (κ1) is 25.9. The van der Waals surface area contributed by atoms with Crippen LogP contribution in [-0.2, 0) is 14.2 Å². The number of aliphatic imine (C=N–C) groups is 1. The molecule has 28 heavy (non-hydrogen) atoms. The molecule has 0 saturated carbocycles. The highest BCUT2D eigenvalue weighted by atomic mass is 127. The summed E-state index contributed by atoms with van der Waals surface area (Å²) >= 11 is 0. The molecule has 0 bridgehead atoms. The fourth-order valence-corrected chi connectivity index (χ4v) is 3.64. The molecule has 3 unspecified atom stereocenters. The van der Waals surface area contributed by atoms with Crippen molar-refractivity contribution in [3.05, 3.63) is 0 Å². The molecule has 2 aliphatic rings. The Balaban J connectivity index is 0.00000392. The van der Waals surface area contributed by atoms with Crippen LogP contribution in [0.4, 0.5) is 0 Å². The van der Waals surface area contributed by atoms with Gasteiger partial charge in [-0.05, 0) is 40.0 Å². The lowest BCUT2D eigenvalue weighted by Crippen LogP contribution is -2.46. The van der Waals surface area contributed by atoms with Gasteiger partial charge >= 0.3 is 0 Å². The second kappa shape index (κ2) is 15.6. The molecule has 0 amide bonds. The first-order chi connectivity index (χ1) is 13.2. The average Bonchev–Trinajstić information content (AvgIpc) is 3.14. The summed E-state index contributed by atoms with van der Waals surface area (Å²) < 4.78 is 16.9. The van der Waals surface area contributed by atoms with Gasteiger partial charge in [0.15, 0.2) is 5.96 Å². The highest BCUT2D eigenvalue weighted by Gasteiger charge is 2.21. The van der Waals surface area contributed by atoms with Crippen LogP contribution in [0.2, 0.25) is 0 Å². The lowest BCUT2D eigenvalue weighted by Gasteiger charge is -2.35. The third-order valence-electron chi connectivity index (χ3n) is 4.88. The van der Waals surface area contributed by atoms with Gasteiger partial charge in [-0.2, -0.15) is 0 Å². The Labute approximate surface area is 188 Å². The molecule has 2 aliphatic heterocycles. The standard InChI is InChI=1S/C20H40N4O3.HI/c1-4-21-20(23-9-6-11-25-15-19-7-12-26-16-19)22-8-5-10-24-13-17(2)27-18(3)14-24;/h17-19H,4-16H2,1-3H3,(H2,21,22,23);1H. The van der Waals surface area contributed by atoms with Crippen molar-refractivity contribution in [3.8, 4) is 0 Å². The van der Waals surface area contributed by atoms with Gasteiger partial charge in [0.1, 0.15) is 0 Å². The lowest BCUT2D eigenvalue weighted by molar-refractivity contribution is -0.0679. The molecule has 0 aromatic heterocycles. The summed E-state index contributed by atoms with van der Waals surface area (Å²) in [6.45, 7) is 15.5. The van der Waals surface area contributed by atoms with Crippen molar-refractivity contribution in [1.82, 2.24) is 15.5 Å². The van der Waals surface area contributed by atoms with Gasteiger partial charge in [-0.15, -0.1) is 24.0 Å². The van der Waals surface area contributed by atoms with E-state index in [0.717, 1.165) is 90.9 Å². The highest BCUT2D eigenvalue weighted by Crippen LogP contribution is 2.12. The predicted molar refractivity (Wildman–Crippen MR) is 125 cm³/mol. The van der Waals surface area contributed by atoms with Crippen molar-refractivity contribution in [1.29, 1.82) is 0 Å². The van der Waals surface area contributed by atoms with Crippen LogP contribution in [0.5, 0.6) is 0 Å². The van der Waals surface area contributed by atoms with Crippen LogP contribution >= 0.6 is 24.0 Å². The van der Waals surface area contributed by atoms with Gasteiger partial charge < -0.3 is 24.8 Å². The smallest absolute Gasteiger partial charge is 0.191 e. The zero-order valence-corrected chi connectivity index (χ0v) is 20.3. The lowest BCUT2D eigenvalue weighted by atomic mass is 10.1. The number of guanidine groups is 1. The fraction of sp³-hybridized carbons (Fsp3) is 0.950. The molecule has 2 heterocycles. The van der Waals surface area contributed by atoms with Crippen LogP contribution in [0.15, 0.2) is 4.99 Å². The largest absolute Gasteiger partial charge is 0.381 e. The van der Waals surface area contributed by atoms with Crippen LogP contribution in [0.1, 0.15) is 40.0 Å². The molecule has 166 valence electrons. The number of rotatable bonds is 11. The number of morpholine rings is 1. The van der Waals surface area contributed by atoms with Gasteiger partial charge in [-0.3, -0.25) is 9.89 Å². The maximum Gasteiger partial charge on any atom is 0.191 e. The molecule has 2 saturated heterocycles. The van der Waals surface area contributed by atoms with E-state index in [9.17, 15) is 0 Å². The predicted octanol–water partition coefficient (Wildman–Crippen LogP) is 2.10. The number of nitrogens with zero attached hydrogens (tertiary/aromatic N) is 2. The number of hydrogen-bond acceptors (Lipinski definition) is 5. The Morgan fingerprint density at radius 1 is 1.18 bits per heavy atom. The van der Waals surface area contributed by atoms with Crippen molar-refractivity contribution in [3.63, 3.8) is 0 Å². The number of nitrogens with one attached hydrogen (secondary N) is 2. The van der Waals surface area contributed by atoms with Gasteiger partial charge in [0.25, 0.3) is 0 Å². The summed E-state index contributed by atoms with van der Waals surface area (Å²) in [5.74, 6) is 1.50. The molecule has 3 atom stereocenters. The van der Waals surface area contributed by atoms with Gasteiger partial charge in [-0.1, -0.05) is 0 Å². The maximum atomic E-state index is 5.79. The number of halogens is 1. The van der Waals surface area contributed by atoms with Gasteiger partial charge in [0.05, 0.1) is 25.4 Å². The molecule has 7 nitrogen and oxygen atoms in total. The quantitative estimate of drug-likeness (QED) is 0.191. The van der Waals surface area contributed by atoms with Crippen LogP contribution in [-0.4, -0.2) is 88.8 Å². The monoisotopic (exact) mass is 512 g/mol. The van der Waals surface area contributed by atoms with E-state index in [1.165, 1.54) is 0 Å². The minimum Gasteiger partial charge on any atom is -0.381 e. The molecule has 2 rings (SSSR count). The van der Waals surface area contributed by atoms with Crippen molar-refractivity contribution < 1.29 is 14.2 Å². The molecule has 8 heteroatoms. The summed E-state index contributed by atoms with van der Waals surface area (Å²) in [5.41, 5.74) is 0. The molecule has 0 aromatic rings. The first-order valence-electron chi connectivity index (χ1n) is 10.7. The van der Waals surface area contributed by atoms with Gasteiger partial charge in [-0.25, -0.2) is 0 Å². The van der Waals surface area contributed by atoms with Crippen LogP contribution < -0.4 is 10.6 Å². The molecule has 0 radical (unpaired) electrons. The van der Waals surface area contributed by atoms with Crippen molar-refractivity contribution in [2.24, 2.45) is 10.9 Å². The minimum absolute atomic E-state index is 0. The van der Waals surface area contributed by atoms with Crippen molar-refractivity contribution >= 4 is 29.9 Å². The van der Waals surface area contributed by atoms with E-state index < -0.39 is 0 Å². The molecular formula is C20H41IN4O3. The van der Waals surface area contributed by atoms with Crippen LogP contribution in [0.25, 0.3) is 0 Å². The second-order valence-corrected chi connectivity index (χ2v) is 7.72. The topological polar surface area (TPSA) is 67.4 Å². The SMILES string of the molecule is CCNC(=NCCCOCC1CCOC1)NCCCN1CC(C)OC(C)C1.I. The second-order valence-electron chi connectivity index (χ2n) is 7.72. The summed E-state index contributed by atoms with van der Waals surface area (Å²) in [6, 6.07) is 0. The Hall–Kier alpha value is -0.160. The Morgan fingerprint density at radius 3 is 2.64 bits per heavy atom. The molecular weight excluding hydrogens is 471 g/mol. The van der Waals surface area contributed by atoms with Gasteiger partial charge in [0.2, 0.25) is 0 Å². The molecule has 2 fully saturated rings. The number of ether oxygens (including phenoxy) is 3. The van der Waals surface area contributed by atoms with E-state index in [1.807, 2.05) is 0 Å². The first-order valence-corrected chi connectivity index (χ1v) is 10.7. The molecule has 0 spiro atoms. The van der Waals surface area contributed by atoms with Crippen LogP contribution in [0.3, 0.4) is 0 Å². The zero-order valence-electron chi connectivity index (χ0n) is 18.0. The summed E-state index contributed by atoms with van der Waals surface area (Å²) in [6.07, 6.45) is 3.87. The van der Waals surface area contributed by atoms with E-state index in [4.69, 9.17) is 14.2 Å². The zero-order chi connectivity index (χ0) is 19.3. The third-order valence-corrected chi connectivity index (χ3v) is 4.88. The molecule has 2 N–H and O–H groups in total. The third kappa shape index (κ3) is 11.1. The average molecular weight is 512 g/mol. The van der Waals surface area contributed by atoms with E-state index in [-0.39, 0.29) is 24.0 Å². The van der Waals surface area contributed by atoms with Crippen molar-refractivity contribution in [2.45, 2.75) is 52.2 Å². The molecule has 0 aromatic carbocycles. The number of hydrogen-bond donors (Lipinski definition) is 2.